The van der Waals surface area contributed by atoms with Crippen LogP contribution in [0.2, 0.25) is 5.02 Å². The van der Waals surface area contributed by atoms with Gasteiger partial charge < -0.3 is 19.4 Å². The van der Waals surface area contributed by atoms with Gasteiger partial charge >= 0.3 is 0 Å². The van der Waals surface area contributed by atoms with Gasteiger partial charge in [0.15, 0.2) is 11.5 Å². The van der Waals surface area contributed by atoms with E-state index in [-0.39, 0.29) is 0 Å². The minimum atomic E-state index is 0.570. The number of hydrogen-bond acceptors (Lipinski definition) is 3. The smallest absolute Gasteiger partial charge is 0.163 e. The molecule has 19 heavy (non-hydrogen) atoms. The molecule has 2 aromatic rings. The van der Waals surface area contributed by atoms with E-state index in [9.17, 15) is 0 Å². The largest absolute Gasteiger partial charge is 0.486 e. The van der Waals surface area contributed by atoms with Crippen molar-refractivity contribution in [1.82, 2.24) is 4.57 Å². The number of anilines is 1. The highest BCUT2D eigenvalue weighted by Gasteiger charge is 2.14. The van der Waals surface area contributed by atoms with Gasteiger partial charge in [0.1, 0.15) is 13.2 Å². The summed E-state index contributed by atoms with van der Waals surface area (Å²) in [4.78, 5) is 0. The number of rotatable bonds is 3. The Morgan fingerprint density at radius 1 is 1.26 bits per heavy atom. The van der Waals surface area contributed by atoms with E-state index in [2.05, 4.69) is 17.6 Å². The number of ether oxygens (including phenoxy) is 2. The molecule has 0 amide bonds. The normalized spacial score (nSPS) is 13.4. The van der Waals surface area contributed by atoms with Gasteiger partial charge in [0, 0.05) is 38.1 Å². The maximum atomic E-state index is 6.23. The molecule has 0 unspecified atom stereocenters. The Hall–Kier alpha value is -1.81. The Balaban J connectivity index is 1.77. The number of aromatic nitrogens is 1. The molecule has 0 saturated carbocycles. The minimum Gasteiger partial charge on any atom is -0.486 e. The number of hydrogen-bond donors (Lipinski definition) is 1. The van der Waals surface area contributed by atoms with Crippen molar-refractivity contribution in [3.63, 3.8) is 0 Å². The van der Waals surface area contributed by atoms with Gasteiger partial charge in [-0.3, -0.25) is 0 Å². The van der Waals surface area contributed by atoms with Crippen molar-refractivity contribution >= 4 is 17.3 Å². The van der Waals surface area contributed by atoms with Crippen molar-refractivity contribution in [2.45, 2.75) is 6.54 Å². The van der Waals surface area contributed by atoms with Crippen LogP contribution >= 0.6 is 11.6 Å². The van der Waals surface area contributed by atoms with E-state index in [1.54, 1.807) is 6.07 Å². The van der Waals surface area contributed by atoms with E-state index >= 15 is 0 Å². The number of nitrogens with one attached hydrogen (secondary N) is 1. The average Bonchev–Trinajstić information content (AvgIpc) is 2.82. The van der Waals surface area contributed by atoms with Gasteiger partial charge in [-0.25, -0.2) is 0 Å². The summed E-state index contributed by atoms with van der Waals surface area (Å²) in [6.45, 7) is 1.87. The van der Waals surface area contributed by atoms with Crippen LogP contribution in [0.1, 0.15) is 5.56 Å². The number of nitrogens with zero attached hydrogens (tertiary/aromatic N) is 1. The highest BCUT2D eigenvalue weighted by Crippen LogP contribution is 2.38. The Kier molecular flexibility index (Phi) is 3.25. The van der Waals surface area contributed by atoms with E-state index in [1.165, 1.54) is 5.56 Å². The Bertz CT molecular complexity index is 595. The zero-order valence-electron chi connectivity index (χ0n) is 10.6. The fourth-order valence-electron chi connectivity index (χ4n) is 2.06. The number of fused-ring (bicyclic) bond motifs is 1. The molecule has 1 aliphatic rings. The second-order valence-electron chi connectivity index (χ2n) is 4.51. The van der Waals surface area contributed by atoms with Crippen LogP contribution in [-0.4, -0.2) is 17.8 Å². The van der Waals surface area contributed by atoms with Gasteiger partial charge in [-0.15, -0.1) is 0 Å². The van der Waals surface area contributed by atoms with Gasteiger partial charge in [-0.1, -0.05) is 11.6 Å². The second-order valence-corrected chi connectivity index (χ2v) is 4.92. The number of aryl methyl sites for hydroxylation is 1. The summed E-state index contributed by atoms with van der Waals surface area (Å²) < 4.78 is 13.0. The Morgan fingerprint density at radius 2 is 2.00 bits per heavy atom. The standard InChI is InChI=1S/C14H15ClN2O2/c1-17-3-2-10(9-17)8-16-12-7-14-13(6-11(12)15)18-4-5-19-14/h2-3,6-7,9,16H,4-5,8H2,1H3. The summed E-state index contributed by atoms with van der Waals surface area (Å²) in [6.07, 6.45) is 4.08. The van der Waals surface area contributed by atoms with Crippen LogP contribution in [0.3, 0.4) is 0 Å². The van der Waals surface area contributed by atoms with Crippen molar-refractivity contribution in [3.8, 4) is 11.5 Å². The lowest BCUT2D eigenvalue weighted by Crippen LogP contribution is -2.15. The summed E-state index contributed by atoms with van der Waals surface area (Å²) in [5.41, 5.74) is 2.06. The first kappa shape index (κ1) is 12.2. The van der Waals surface area contributed by atoms with Crippen LogP contribution in [0.5, 0.6) is 11.5 Å². The fourth-order valence-corrected chi connectivity index (χ4v) is 2.28. The lowest BCUT2D eigenvalue weighted by Gasteiger charge is -2.20. The predicted molar refractivity (Wildman–Crippen MR) is 75.2 cm³/mol. The van der Waals surface area contributed by atoms with Gasteiger partial charge in [0.2, 0.25) is 0 Å². The highest BCUT2D eigenvalue weighted by atomic mass is 35.5. The van der Waals surface area contributed by atoms with Gasteiger partial charge in [0.25, 0.3) is 0 Å². The maximum absolute atomic E-state index is 6.23. The van der Waals surface area contributed by atoms with Crippen LogP contribution in [0.15, 0.2) is 30.6 Å². The van der Waals surface area contributed by atoms with E-state index < -0.39 is 0 Å². The summed E-state index contributed by atoms with van der Waals surface area (Å²) >= 11 is 6.23. The van der Waals surface area contributed by atoms with Crippen LogP contribution < -0.4 is 14.8 Å². The lowest BCUT2D eigenvalue weighted by molar-refractivity contribution is 0.171. The first-order valence-corrected chi connectivity index (χ1v) is 6.54. The number of benzene rings is 1. The molecule has 0 spiro atoms. The first-order valence-electron chi connectivity index (χ1n) is 6.16. The highest BCUT2D eigenvalue weighted by molar-refractivity contribution is 6.33. The maximum Gasteiger partial charge on any atom is 0.163 e. The van der Waals surface area contributed by atoms with E-state index in [0.29, 0.717) is 24.0 Å². The molecule has 0 aliphatic carbocycles. The van der Waals surface area contributed by atoms with E-state index in [0.717, 1.165) is 18.0 Å². The molecule has 1 aliphatic heterocycles. The SMILES string of the molecule is Cn1ccc(CNc2cc3c(cc2Cl)OCCO3)c1. The monoisotopic (exact) mass is 278 g/mol. The third-order valence-corrected chi connectivity index (χ3v) is 3.32. The van der Waals surface area contributed by atoms with Gasteiger partial charge in [-0.2, -0.15) is 0 Å². The minimum absolute atomic E-state index is 0.570. The Labute approximate surface area is 116 Å². The van der Waals surface area contributed by atoms with Crippen molar-refractivity contribution in [3.05, 3.63) is 41.2 Å². The van der Waals surface area contributed by atoms with Crippen molar-refractivity contribution in [1.29, 1.82) is 0 Å². The van der Waals surface area contributed by atoms with Crippen molar-refractivity contribution < 1.29 is 9.47 Å². The van der Waals surface area contributed by atoms with Crippen molar-refractivity contribution in [2.24, 2.45) is 7.05 Å². The second kappa shape index (κ2) is 5.05. The van der Waals surface area contributed by atoms with Crippen LogP contribution in [0, 0.1) is 0 Å². The quantitative estimate of drug-likeness (QED) is 0.937. The molecule has 2 heterocycles. The summed E-state index contributed by atoms with van der Waals surface area (Å²) in [5, 5.41) is 3.95. The molecule has 1 aromatic heterocycles. The third-order valence-electron chi connectivity index (χ3n) is 3.01. The summed E-state index contributed by atoms with van der Waals surface area (Å²) in [7, 11) is 2.00. The van der Waals surface area contributed by atoms with Crippen LogP contribution in [0.4, 0.5) is 5.69 Å². The predicted octanol–water partition coefficient (Wildman–Crippen LogP) is 3.06. The molecular formula is C14H15ClN2O2. The zero-order chi connectivity index (χ0) is 13.2. The number of halogens is 1. The topological polar surface area (TPSA) is 35.4 Å². The molecule has 3 rings (SSSR count). The fraction of sp³-hybridized carbons (Fsp3) is 0.286. The molecule has 1 aromatic carbocycles. The molecule has 0 bridgehead atoms. The van der Waals surface area contributed by atoms with E-state index in [4.69, 9.17) is 21.1 Å². The summed E-state index contributed by atoms with van der Waals surface area (Å²) in [6, 6.07) is 5.75. The molecule has 0 saturated heterocycles. The van der Waals surface area contributed by atoms with Crippen molar-refractivity contribution in [2.75, 3.05) is 18.5 Å². The van der Waals surface area contributed by atoms with Gasteiger partial charge in [0.05, 0.1) is 10.7 Å². The van der Waals surface area contributed by atoms with Crippen LogP contribution in [-0.2, 0) is 13.6 Å². The zero-order valence-corrected chi connectivity index (χ0v) is 11.4. The van der Waals surface area contributed by atoms with Gasteiger partial charge in [-0.05, 0) is 11.6 Å². The van der Waals surface area contributed by atoms with E-state index in [1.807, 2.05) is 23.9 Å². The molecule has 100 valence electrons. The molecule has 0 atom stereocenters. The molecule has 4 nitrogen and oxygen atoms in total. The van der Waals surface area contributed by atoms with Crippen LogP contribution in [0.25, 0.3) is 0 Å². The third kappa shape index (κ3) is 2.63. The summed E-state index contributed by atoms with van der Waals surface area (Å²) in [5.74, 6) is 1.45. The Morgan fingerprint density at radius 3 is 2.68 bits per heavy atom. The molecule has 0 fully saturated rings. The first-order chi connectivity index (χ1) is 9.22. The molecular weight excluding hydrogens is 264 g/mol. The molecule has 0 radical (unpaired) electrons. The lowest BCUT2D eigenvalue weighted by atomic mass is 10.2. The molecule has 5 heteroatoms. The average molecular weight is 279 g/mol. The molecule has 1 N–H and O–H groups in total.